The third-order valence-corrected chi connectivity index (χ3v) is 7.77. The normalized spacial score (nSPS) is 16.5. The van der Waals surface area contributed by atoms with Crippen LogP contribution in [0.25, 0.3) is 0 Å². The monoisotopic (exact) mass is 520 g/mol. The van der Waals surface area contributed by atoms with Crippen LogP contribution in [0.1, 0.15) is 75.2 Å². The van der Waals surface area contributed by atoms with Crippen molar-refractivity contribution in [3.05, 3.63) is 113 Å². The fraction of sp³-hybridized carbons (Fsp3) is 0.323. The van der Waals surface area contributed by atoms with Gasteiger partial charge >= 0.3 is 0 Å². The molecule has 6 rings (SSSR count). The molecule has 2 aliphatic rings. The first-order valence-corrected chi connectivity index (χ1v) is 13.7. The van der Waals surface area contributed by atoms with Crippen LogP contribution in [0.4, 0.5) is 0 Å². The molecular weight excluding hydrogens is 488 g/mol. The van der Waals surface area contributed by atoms with Crippen molar-refractivity contribution in [1.29, 1.82) is 0 Å². The van der Waals surface area contributed by atoms with E-state index in [1.165, 1.54) is 10.5 Å². The third-order valence-electron chi connectivity index (χ3n) is 7.77. The molecule has 1 atom stereocenters. The first kappa shape index (κ1) is 25.1. The van der Waals surface area contributed by atoms with E-state index >= 15 is 0 Å². The number of benzene rings is 1. The topological polar surface area (TPSA) is 84.2 Å². The molecule has 4 aromatic rings. The molecule has 0 N–H and O–H groups in total. The number of imide groups is 1. The molecule has 1 aromatic carbocycles. The van der Waals surface area contributed by atoms with Gasteiger partial charge in [-0.15, -0.1) is 0 Å². The summed E-state index contributed by atoms with van der Waals surface area (Å²) < 4.78 is 2.16. The predicted molar refractivity (Wildman–Crippen MR) is 147 cm³/mol. The van der Waals surface area contributed by atoms with Gasteiger partial charge in [-0.1, -0.05) is 24.3 Å². The standard InChI is InChI=1S/C31H32N6O2/c38-30-25-12-1-2-13-26(25)31(39)37(30)19-6-5-18-35(27-14-7-9-23-10-8-16-34-29(23)27)22-28-33-17-20-36(28)21-24-11-3-4-15-32-24/h1-4,8,10-13,15-17,20,27H,5-7,9,14,18-19,21-22H2. The molecule has 0 saturated heterocycles. The number of unbranched alkanes of at least 4 members (excludes halogenated alkanes) is 1. The summed E-state index contributed by atoms with van der Waals surface area (Å²) in [5.41, 5.74) is 4.49. The lowest BCUT2D eigenvalue weighted by Crippen LogP contribution is -2.35. The Bertz CT molecular complexity index is 1430. The van der Waals surface area contributed by atoms with Crippen molar-refractivity contribution in [2.24, 2.45) is 0 Å². The summed E-state index contributed by atoms with van der Waals surface area (Å²) in [6, 6.07) is 17.5. The summed E-state index contributed by atoms with van der Waals surface area (Å²) in [4.78, 5) is 43.4. The van der Waals surface area contributed by atoms with E-state index in [4.69, 9.17) is 9.97 Å². The molecule has 1 aliphatic carbocycles. The van der Waals surface area contributed by atoms with E-state index in [9.17, 15) is 9.59 Å². The summed E-state index contributed by atoms with van der Waals surface area (Å²) in [6.45, 7) is 2.60. The van der Waals surface area contributed by atoms with Crippen molar-refractivity contribution >= 4 is 11.8 Å². The Kier molecular flexibility index (Phi) is 7.27. The van der Waals surface area contributed by atoms with Crippen molar-refractivity contribution in [2.45, 2.75) is 51.2 Å². The van der Waals surface area contributed by atoms with Crippen molar-refractivity contribution in [1.82, 2.24) is 29.3 Å². The SMILES string of the molecule is O=C1c2ccccc2C(=O)N1CCCCN(Cc1nccn1Cc1ccccn1)C1CCCc2cccnc21. The van der Waals surface area contributed by atoms with Gasteiger partial charge in [0.25, 0.3) is 11.8 Å². The average molecular weight is 521 g/mol. The Morgan fingerprint density at radius 3 is 2.44 bits per heavy atom. The number of nitrogens with zero attached hydrogens (tertiary/aromatic N) is 6. The van der Waals surface area contributed by atoms with Gasteiger partial charge in [-0.2, -0.15) is 0 Å². The van der Waals surface area contributed by atoms with Crippen molar-refractivity contribution < 1.29 is 9.59 Å². The number of amides is 2. The van der Waals surface area contributed by atoms with Gasteiger partial charge in [0.2, 0.25) is 0 Å². The molecule has 0 fully saturated rings. The molecule has 8 heteroatoms. The lowest BCUT2D eigenvalue weighted by molar-refractivity contribution is 0.0648. The number of rotatable bonds is 10. The van der Waals surface area contributed by atoms with E-state index in [1.807, 2.05) is 49.1 Å². The van der Waals surface area contributed by atoms with Gasteiger partial charge in [-0.25, -0.2) is 4.98 Å². The maximum atomic E-state index is 12.8. The van der Waals surface area contributed by atoms with Gasteiger partial charge in [0, 0.05) is 31.3 Å². The quantitative estimate of drug-likeness (QED) is 0.223. The van der Waals surface area contributed by atoms with Crippen LogP contribution in [0, 0.1) is 0 Å². The van der Waals surface area contributed by atoms with Crippen LogP contribution in [-0.4, -0.2) is 54.2 Å². The highest BCUT2D eigenvalue weighted by Crippen LogP contribution is 2.34. The minimum absolute atomic E-state index is 0.186. The second-order valence-corrected chi connectivity index (χ2v) is 10.2. The molecule has 0 radical (unpaired) electrons. The Morgan fingerprint density at radius 2 is 1.64 bits per heavy atom. The van der Waals surface area contributed by atoms with E-state index in [-0.39, 0.29) is 17.9 Å². The number of pyridine rings is 2. The third kappa shape index (κ3) is 5.25. The Hall–Kier alpha value is -4.17. The van der Waals surface area contributed by atoms with Gasteiger partial charge in [0.05, 0.1) is 41.6 Å². The van der Waals surface area contributed by atoms with Crippen molar-refractivity contribution in [3.8, 4) is 0 Å². The number of fused-ring (bicyclic) bond motifs is 2. The van der Waals surface area contributed by atoms with E-state index in [2.05, 4.69) is 20.5 Å². The fourth-order valence-corrected chi connectivity index (χ4v) is 5.80. The molecular formula is C31H32N6O2. The molecule has 198 valence electrons. The number of aryl methyl sites for hydroxylation is 1. The predicted octanol–water partition coefficient (Wildman–Crippen LogP) is 4.68. The number of imidazole rings is 1. The van der Waals surface area contributed by atoms with Crippen LogP contribution in [-0.2, 0) is 19.5 Å². The highest BCUT2D eigenvalue weighted by molar-refractivity contribution is 6.21. The van der Waals surface area contributed by atoms with Crippen LogP contribution >= 0.6 is 0 Å². The zero-order chi connectivity index (χ0) is 26.6. The molecule has 1 aliphatic heterocycles. The van der Waals surface area contributed by atoms with Crippen molar-refractivity contribution in [2.75, 3.05) is 13.1 Å². The minimum Gasteiger partial charge on any atom is -0.328 e. The molecule has 8 nitrogen and oxygen atoms in total. The summed E-state index contributed by atoms with van der Waals surface area (Å²) in [5.74, 6) is 0.618. The van der Waals surface area contributed by atoms with Gasteiger partial charge < -0.3 is 4.57 Å². The van der Waals surface area contributed by atoms with Gasteiger partial charge in [-0.3, -0.25) is 29.4 Å². The van der Waals surface area contributed by atoms with Crippen LogP contribution in [0.3, 0.4) is 0 Å². The summed E-state index contributed by atoms with van der Waals surface area (Å²) in [7, 11) is 0. The maximum Gasteiger partial charge on any atom is 0.261 e. The Balaban J connectivity index is 1.17. The van der Waals surface area contributed by atoms with Crippen LogP contribution in [0.5, 0.6) is 0 Å². The Morgan fingerprint density at radius 1 is 0.846 bits per heavy atom. The van der Waals surface area contributed by atoms with Gasteiger partial charge in [0.15, 0.2) is 0 Å². The summed E-state index contributed by atoms with van der Waals surface area (Å²) in [6.07, 6.45) is 12.4. The molecule has 0 bridgehead atoms. The van der Waals surface area contributed by atoms with Gasteiger partial charge in [-0.05, 0) is 74.5 Å². The fourth-order valence-electron chi connectivity index (χ4n) is 5.80. The van der Waals surface area contributed by atoms with E-state index in [0.717, 1.165) is 55.9 Å². The van der Waals surface area contributed by atoms with Crippen LogP contribution < -0.4 is 0 Å². The smallest absolute Gasteiger partial charge is 0.261 e. The molecule has 0 spiro atoms. The molecule has 39 heavy (non-hydrogen) atoms. The zero-order valence-electron chi connectivity index (χ0n) is 21.9. The molecule has 4 heterocycles. The maximum absolute atomic E-state index is 12.8. The highest BCUT2D eigenvalue weighted by atomic mass is 16.2. The Labute approximate surface area is 228 Å². The second kappa shape index (κ2) is 11.3. The minimum atomic E-state index is -0.186. The van der Waals surface area contributed by atoms with Crippen molar-refractivity contribution in [3.63, 3.8) is 0 Å². The van der Waals surface area contributed by atoms with E-state index in [1.54, 1.807) is 24.3 Å². The second-order valence-electron chi connectivity index (χ2n) is 10.2. The highest BCUT2D eigenvalue weighted by Gasteiger charge is 2.34. The first-order chi connectivity index (χ1) is 19.2. The molecule has 3 aromatic heterocycles. The lowest BCUT2D eigenvalue weighted by Gasteiger charge is -2.35. The molecule has 1 unspecified atom stereocenters. The number of aromatic nitrogens is 4. The summed E-state index contributed by atoms with van der Waals surface area (Å²) in [5, 5.41) is 0. The zero-order valence-corrected chi connectivity index (χ0v) is 21.9. The summed E-state index contributed by atoms with van der Waals surface area (Å²) >= 11 is 0. The number of carbonyl (C=O) groups excluding carboxylic acids is 2. The van der Waals surface area contributed by atoms with Crippen LogP contribution in [0.2, 0.25) is 0 Å². The number of carbonyl (C=O) groups is 2. The van der Waals surface area contributed by atoms with Gasteiger partial charge in [0.1, 0.15) is 5.82 Å². The lowest BCUT2D eigenvalue weighted by atomic mass is 9.90. The van der Waals surface area contributed by atoms with Crippen LogP contribution in [0.15, 0.2) is 79.4 Å². The average Bonchev–Trinajstić information content (AvgIpc) is 3.51. The molecule has 2 amide bonds. The largest absolute Gasteiger partial charge is 0.328 e. The first-order valence-electron chi connectivity index (χ1n) is 13.7. The number of hydrogen-bond donors (Lipinski definition) is 0. The molecule has 0 saturated carbocycles. The van der Waals surface area contributed by atoms with E-state index < -0.39 is 0 Å². The number of hydrogen-bond acceptors (Lipinski definition) is 6. The van der Waals surface area contributed by atoms with E-state index in [0.29, 0.717) is 30.8 Å².